The molecule has 0 aliphatic rings. The van der Waals surface area contributed by atoms with Gasteiger partial charge in [0.1, 0.15) is 6.61 Å². The lowest BCUT2D eigenvalue weighted by molar-refractivity contribution is -0.145. The standard InChI is InChI=1S/C15H31NO5/c1-3-5-8-18-9-10-19-11-12-20-13-14-21-15(17)6-7-16-4-2/h16H,3-14H2,1-2H3. The van der Waals surface area contributed by atoms with Crippen LogP contribution in [0.2, 0.25) is 0 Å². The molecule has 0 bridgehead atoms. The normalized spacial score (nSPS) is 10.8. The molecule has 0 amide bonds. The molecular weight excluding hydrogens is 274 g/mol. The topological polar surface area (TPSA) is 66.0 Å². The number of esters is 1. The molecule has 0 aromatic carbocycles. The molecule has 6 heteroatoms. The summed E-state index contributed by atoms with van der Waals surface area (Å²) in [7, 11) is 0. The number of carbonyl (C=O) groups excluding carboxylic acids is 1. The molecule has 0 rings (SSSR count). The molecule has 0 saturated carbocycles. The Morgan fingerprint density at radius 3 is 2.00 bits per heavy atom. The van der Waals surface area contributed by atoms with Crippen molar-refractivity contribution in [3.63, 3.8) is 0 Å². The monoisotopic (exact) mass is 305 g/mol. The summed E-state index contributed by atoms with van der Waals surface area (Å²) in [5.74, 6) is -0.194. The minimum atomic E-state index is -0.194. The predicted octanol–water partition coefficient (Wildman–Crippen LogP) is 1.38. The number of nitrogens with one attached hydrogen (secondary N) is 1. The van der Waals surface area contributed by atoms with Crippen LogP contribution in [-0.2, 0) is 23.7 Å². The van der Waals surface area contributed by atoms with Crippen molar-refractivity contribution in [2.75, 3.05) is 59.3 Å². The van der Waals surface area contributed by atoms with Gasteiger partial charge in [-0.1, -0.05) is 20.3 Å². The van der Waals surface area contributed by atoms with Gasteiger partial charge >= 0.3 is 5.97 Å². The van der Waals surface area contributed by atoms with Crippen LogP contribution >= 0.6 is 0 Å². The lowest BCUT2D eigenvalue weighted by Crippen LogP contribution is -2.20. The van der Waals surface area contributed by atoms with Crippen molar-refractivity contribution in [2.45, 2.75) is 33.1 Å². The summed E-state index contributed by atoms with van der Waals surface area (Å²) in [6.45, 7) is 9.41. The second kappa shape index (κ2) is 17.4. The molecule has 0 unspecified atom stereocenters. The molecule has 0 aliphatic heterocycles. The third-order valence-electron chi connectivity index (χ3n) is 2.63. The van der Waals surface area contributed by atoms with E-state index in [0.717, 1.165) is 26.0 Å². The first-order valence-electron chi connectivity index (χ1n) is 7.90. The highest BCUT2D eigenvalue weighted by Gasteiger charge is 2.01. The molecule has 0 aliphatic carbocycles. The van der Waals surface area contributed by atoms with Crippen molar-refractivity contribution in [1.29, 1.82) is 0 Å². The van der Waals surface area contributed by atoms with E-state index in [9.17, 15) is 4.79 Å². The Balaban J connectivity index is 3.06. The first-order chi connectivity index (χ1) is 10.3. The van der Waals surface area contributed by atoms with Gasteiger partial charge in [0.15, 0.2) is 0 Å². The summed E-state index contributed by atoms with van der Waals surface area (Å²) in [5.41, 5.74) is 0. The second-order valence-corrected chi connectivity index (χ2v) is 4.51. The lowest BCUT2D eigenvalue weighted by atomic mass is 10.4. The van der Waals surface area contributed by atoms with Crippen molar-refractivity contribution in [2.24, 2.45) is 0 Å². The van der Waals surface area contributed by atoms with Crippen molar-refractivity contribution < 1.29 is 23.7 Å². The van der Waals surface area contributed by atoms with Gasteiger partial charge in [0.05, 0.1) is 39.5 Å². The molecule has 0 aromatic rings. The van der Waals surface area contributed by atoms with Crippen LogP contribution in [0.3, 0.4) is 0 Å². The predicted molar refractivity (Wildman–Crippen MR) is 81.5 cm³/mol. The lowest BCUT2D eigenvalue weighted by Gasteiger charge is -2.07. The van der Waals surface area contributed by atoms with E-state index in [1.807, 2.05) is 6.92 Å². The van der Waals surface area contributed by atoms with E-state index in [2.05, 4.69) is 12.2 Å². The van der Waals surface area contributed by atoms with Gasteiger partial charge in [-0.15, -0.1) is 0 Å². The fourth-order valence-corrected chi connectivity index (χ4v) is 1.44. The molecule has 0 radical (unpaired) electrons. The van der Waals surface area contributed by atoms with Crippen LogP contribution in [0.25, 0.3) is 0 Å². The van der Waals surface area contributed by atoms with Crippen molar-refractivity contribution in [1.82, 2.24) is 5.32 Å². The molecule has 0 saturated heterocycles. The summed E-state index contributed by atoms with van der Waals surface area (Å²) in [4.78, 5) is 11.2. The summed E-state index contributed by atoms with van der Waals surface area (Å²) in [5, 5.41) is 3.07. The highest BCUT2D eigenvalue weighted by atomic mass is 16.6. The fraction of sp³-hybridized carbons (Fsp3) is 0.933. The number of ether oxygens (including phenoxy) is 4. The minimum Gasteiger partial charge on any atom is -0.463 e. The number of hydrogen-bond donors (Lipinski definition) is 1. The Hall–Kier alpha value is -0.690. The van der Waals surface area contributed by atoms with Crippen LogP contribution in [0.4, 0.5) is 0 Å². The van der Waals surface area contributed by atoms with Gasteiger partial charge in [-0.2, -0.15) is 0 Å². The maximum atomic E-state index is 11.2. The van der Waals surface area contributed by atoms with Crippen LogP contribution in [0.5, 0.6) is 0 Å². The highest BCUT2D eigenvalue weighted by Crippen LogP contribution is 1.89. The smallest absolute Gasteiger partial charge is 0.307 e. The van der Waals surface area contributed by atoms with E-state index in [4.69, 9.17) is 18.9 Å². The average molecular weight is 305 g/mol. The van der Waals surface area contributed by atoms with Gasteiger partial charge < -0.3 is 24.3 Å². The molecular formula is C15H31NO5. The number of unbranched alkanes of at least 4 members (excludes halogenated alkanes) is 1. The Morgan fingerprint density at radius 1 is 0.857 bits per heavy atom. The van der Waals surface area contributed by atoms with Crippen molar-refractivity contribution in [3.8, 4) is 0 Å². The van der Waals surface area contributed by atoms with E-state index in [1.54, 1.807) is 0 Å². The van der Waals surface area contributed by atoms with Crippen LogP contribution in [-0.4, -0.2) is 65.3 Å². The van der Waals surface area contributed by atoms with E-state index >= 15 is 0 Å². The summed E-state index contributed by atoms with van der Waals surface area (Å²) < 4.78 is 21.0. The number of hydrogen-bond acceptors (Lipinski definition) is 6. The van der Waals surface area contributed by atoms with Crippen LogP contribution in [0, 0.1) is 0 Å². The van der Waals surface area contributed by atoms with E-state index < -0.39 is 0 Å². The second-order valence-electron chi connectivity index (χ2n) is 4.51. The largest absolute Gasteiger partial charge is 0.463 e. The molecule has 0 heterocycles. The van der Waals surface area contributed by atoms with Crippen LogP contribution in [0.1, 0.15) is 33.1 Å². The Morgan fingerprint density at radius 2 is 1.43 bits per heavy atom. The van der Waals surface area contributed by atoms with Crippen molar-refractivity contribution >= 4 is 5.97 Å². The van der Waals surface area contributed by atoms with E-state index in [0.29, 0.717) is 52.6 Å². The average Bonchev–Trinajstić information content (AvgIpc) is 2.48. The SMILES string of the molecule is CCCCOCCOCCOCCOC(=O)CCNCC. The zero-order valence-electron chi connectivity index (χ0n) is 13.5. The van der Waals surface area contributed by atoms with Gasteiger partial charge in [-0.3, -0.25) is 4.79 Å². The maximum Gasteiger partial charge on any atom is 0.307 e. The molecule has 0 atom stereocenters. The Bertz CT molecular complexity index is 226. The Kier molecular flexibility index (Phi) is 16.8. The molecule has 0 fully saturated rings. The maximum absolute atomic E-state index is 11.2. The number of rotatable bonds is 16. The quantitative estimate of drug-likeness (QED) is 0.343. The van der Waals surface area contributed by atoms with Crippen LogP contribution in [0.15, 0.2) is 0 Å². The first-order valence-corrected chi connectivity index (χ1v) is 7.90. The molecule has 0 aromatic heterocycles. The Labute approximate surface area is 128 Å². The number of carbonyl (C=O) groups is 1. The van der Waals surface area contributed by atoms with Crippen LogP contribution < -0.4 is 5.32 Å². The summed E-state index contributed by atoms with van der Waals surface area (Å²) in [6, 6.07) is 0. The summed E-state index contributed by atoms with van der Waals surface area (Å²) in [6.07, 6.45) is 2.64. The molecule has 6 nitrogen and oxygen atoms in total. The minimum absolute atomic E-state index is 0.194. The zero-order valence-corrected chi connectivity index (χ0v) is 13.5. The highest BCUT2D eigenvalue weighted by molar-refractivity contribution is 5.69. The molecule has 126 valence electrons. The summed E-state index contributed by atoms with van der Waals surface area (Å²) >= 11 is 0. The molecule has 0 spiro atoms. The van der Waals surface area contributed by atoms with Gasteiger partial charge in [-0.05, 0) is 13.0 Å². The zero-order chi connectivity index (χ0) is 15.6. The van der Waals surface area contributed by atoms with Gasteiger partial charge in [-0.25, -0.2) is 0 Å². The van der Waals surface area contributed by atoms with Gasteiger partial charge in [0, 0.05) is 13.2 Å². The van der Waals surface area contributed by atoms with E-state index in [1.165, 1.54) is 0 Å². The molecule has 1 N–H and O–H groups in total. The van der Waals surface area contributed by atoms with Crippen molar-refractivity contribution in [3.05, 3.63) is 0 Å². The molecule has 21 heavy (non-hydrogen) atoms. The fourth-order valence-electron chi connectivity index (χ4n) is 1.44. The van der Waals surface area contributed by atoms with Gasteiger partial charge in [0.2, 0.25) is 0 Å². The van der Waals surface area contributed by atoms with E-state index in [-0.39, 0.29) is 5.97 Å². The first kappa shape index (κ1) is 20.3. The third kappa shape index (κ3) is 17.3. The third-order valence-corrected chi connectivity index (χ3v) is 2.63. The van der Waals surface area contributed by atoms with Gasteiger partial charge in [0.25, 0.3) is 0 Å².